The summed E-state index contributed by atoms with van der Waals surface area (Å²) < 4.78 is 0. The zero-order valence-electron chi connectivity index (χ0n) is 10.8. The second kappa shape index (κ2) is 6.68. The molecule has 2 rings (SSSR count). The van der Waals surface area contributed by atoms with Gasteiger partial charge in [0.25, 0.3) is 5.91 Å². The number of anilines is 1. The molecule has 0 spiro atoms. The van der Waals surface area contributed by atoms with Crippen molar-refractivity contribution in [3.05, 3.63) is 64.9 Å². The summed E-state index contributed by atoms with van der Waals surface area (Å²) >= 11 is 1.48. The van der Waals surface area contributed by atoms with Gasteiger partial charge in [0, 0.05) is 23.2 Å². The molecule has 0 unspecified atom stereocenters. The molecule has 2 N–H and O–H groups in total. The molecular weight excluding hydrogens is 272 g/mol. The predicted octanol–water partition coefficient (Wildman–Crippen LogP) is 2.80. The van der Waals surface area contributed by atoms with E-state index < -0.39 is 0 Å². The van der Waals surface area contributed by atoms with E-state index in [9.17, 15) is 9.59 Å². The molecule has 0 saturated heterocycles. The summed E-state index contributed by atoms with van der Waals surface area (Å²) in [7, 11) is 0. The quantitative estimate of drug-likeness (QED) is 0.830. The highest BCUT2D eigenvalue weighted by atomic mass is 32.1. The van der Waals surface area contributed by atoms with Gasteiger partial charge in [-0.3, -0.25) is 9.59 Å². The first kappa shape index (κ1) is 14.0. The maximum Gasteiger partial charge on any atom is 0.252 e. The van der Waals surface area contributed by atoms with Crippen molar-refractivity contribution in [1.29, 1.82) is 0 Å². The first-order valence-electron chi connectivity index (χ1n) is 6.02. The molecular formula is C15H14N2O2S. The molecule has 1 heterocycles. The van der Waals surface area contributed by atoms with Crippen LogP contribution < -0.4 is 10.6 Å². The Bertz CT molecular complexity index is 621. The van der Waals surface area contributed by atoms with Crippen molar-refractivity contribution in [2.45, 2.75) is 6.54 Å². The van der Waals surface area contributed by atoms with Gasteiger partial charge in [0.1, 0.15) is 0 Å². The molecule has 0 bridgehead atoms. The summed E-state index contributed by atoms with van der Waals surface area (Å²) in [6.45, 7) is 3.81. The Balaban J connectivity index is 1.96. The number of carbonyl (C=O) groups is 2. The van der Waals surface area contributed by atoms with E-state index in [-0.39, 0.29) is 11.8 Å². The SMILES string of the molecule is C=CC(=O)Nc1cccc(CNC(=O)c2ccsc2)c1. The van der Waals surface area contributed by atoms with Gasteiger partial charge in [-0.1, -0.05) is 18.7 Å². The van der Waals surface area contributed by atoms with Gasteiger partial charge in [-0.25, -0.2) is 0 Å². The Hall–Kier alpha value is -2.40. The Labute approximate surface area is 121 Å². The highest BCUT2D eigenvalue weighted by Crippen LogP contribution is 2.11. The largest absolute Gasteiger partial charge is 0.348 e. The molecule has 0 aliphatic rings. The van der Waals surface area contributed by atoms with Crippen molar-refractivity contribution >= 4 is 28.8 Å². The number of thiophene rings is 1. The third kappa shape index (κ3) is 3.80. The van der Waals surface area contributed by atoms with Crippen LogP contribution >= 0.6 is 11.3 Å². The Morgan fingerprint density at radius 2 is 2.15 bits per heavy atom. The maximum atomic E-state index is 11.8. The van der Waals surface area contributed by atoms with Gasteiger partial charge >= 0.3 is 0 Å². The van der Waals surface area contributed by atoms with Crippen LogP contribution in [-0.4, -0.2) is 11.8 Å². The van der Waals surface area contributed by atoms with Crippen LogP contribution in [0.25, 0.3) is 0 Å². The van der Waals surface area contributed by atoms with Crippen molar-refractivity contribution in [3.8, 4) is 0 Å². The predicted molar refractivity (Wildman–Crippen MR) is 80.8 cm³/mol. The van der Waals surface area contributed by atoms with Gasteiger partial charge < -0.3 is 10.6 Å². The summed E-state index contributed by atoms with van der Waals surface area (Å²) in [6, 6.07) is 9.09. The lowest BCUT2D eigenvalue weighted by molar-refractivity contribution is -0.111. The van der Waals surface area contributed by atoms with Gasteiger partial charge in [0.15, 0.2) is 0 Å². The molecule has 0 radical (unpaired) electrons. The summed E-state index contributed by atoms with van der Waals surface area (Å²) in [5, 5.41) is 9.17. The van der Waals surface area contributed by atoms with E-state index in [1.54, 1.807) is 17.5 Å². The van der Waals surface area contributed by atoms with Crippen molar-refractivity contribution in [3.63, 3.8) is 0 Å². The lowest BCUT2D eigenvalue weighted by Gasteiger charge is -2.07. The zero-order chi connectivity index (χ0) is 14.4. The van der Waals surface area contributed by atoms with Crippen molar-refractivity contribution < 1.29 is 9.59 Å². The highest BCUT2D eigenvalue weighted by molar-refractivity contribution is 7.08. The fourth-order valence-electron chi connectivity index (χ4n) is 1.63. The fourth-order valence-corrected chi connectivity index (χ4v) is 2.27. The van der Waals surface area contributed by atoms with Crippen LogP contribution in [0.1, 0.15) is 15.9 Å². The smallest absolute Gasteiger partial charge is 0.252 e. The summed E-state index contributed by atoms with van der Waals surface area (Å²) in [5.41, 5.74) is 2.25. The van der Waals surface area contributed by atoms with Gasteiger partial charge in [-0.15, -0.1) is 0 Å². The molecule has 4 nitrogen and oxygen atoms in total. The van der Waals surface area contributed by atoms with E-state index >= 15 is 0 Å². The summed E-state index contributed by atoms with van der Waals surface area (Å²) in [5.74, 6) is -0.365. The number of nitrogens with one attached hydrogen (secondary N) is 2. The molecule has 2 aromatic rings. The zero-order valence-corrected chi connectivity index (χ0v) is 11.6. The number of hydrogen-bond acceptors (Lipinski definition) is 3. The van der Waals surface area contributed by atoms with Crippen LogP contribution in [0, 0.1) is 0 Å². The van der Waals surface area contributed by atoms with Crippen molar-refractivity contribution in [2.24, 2.45) is 0 Å². The van der Waals surface area contributed by atoms with E-state index in [4.69, 9.17) is 0 Å². The molecule has 0 fully saturated rings. The molecule has 102 valence electrons. The van der Waals surface area contributed by atoms with Crippen LogP contribution in [0.2, 0.25) is 0 Å². The first-order valence-corrected chi connectivity index (χ1v) is 6.96. The second-order valence-electron chi connectivity index (χ2n) is 4.09. The third-order valence-electron chi connectivity index (χ3n) is 2.62. The molecule has 0 saturated carbocycles. The number of hydrogen-bond donors (Lipinski definition) is 2. The lowest BCUT2D eigenvalue weighted by Crippen LogP contribution is -2.22. The van der Waals surface area contributed by atoms with Crippen molar-refractivity contribution in [1.82, 2.24) is 5.32 Å². The Kier molecular flexibility index (Phi) is 4.68. The molecule has 2 amide bonds. The molecule has 1 aromatic heterocycles. The Morgan fingerprint density at radius 1 is 1.30 bits per heavy atom. The minimum Gasteiger partial charge on any atom is -0.348 e. The molecule has 0 aliphatic carbocycles. The fraction of sp³-hybridized carbons (Fsp3) is 0.0667. The first-order chi connectivity index (χ1) is 9.69. The minimum absolute atomic E-state index is 0.105. The maximum absolute atomic E-state index is 11.8. The Morgan fingerprint density at radius 3 is 2.85 bits per heavy atom. The van der Waals surface area contributed by atoms with Crippen LogP contribution in [0.5, 0.6) is 0 Å². The molecule has 0 aliphatic heterocycles. The van der Waals surface area contributed by atoms with Crippen LogP contribution in [0.15, 0.2) is 53.7 Å². The minimum atomic E-state index is -0.260. The summed E-state index contributed by atoms with van der Waals surface area (Å²) in [4.78, 5) is 23.0. The average molecular weight is 286 g/mol. The van der Waals surface area contributed by atoms with E-state index in [0.717, 1.165) is 5.56 Å². The van der Waals surface area contributed by atoms with Gasteiger partial charge in [-0.05, 0) is 35.2 Å². The van der Waals surface area contributed by atoms with E-state index in [2.05, 4.69) is 17.2 Å². The lowest BCUT2D eigenvalue weighted by atomic mass is 10.2. The molecule has 5 heteroatoms. The monoisotopic (exact) mass is 286 g/mol. The van der Waals surface area contributed by atoms with Gasteiger partial charge in [-0.2, -0.15) is 11.3 Å². The van der Waals surface area contributed by atoms with Gasteiger partial charge in [0.05, 0.1) is 0 Å². The number of amides is 2. The molecule has 20 heavy (non-hydrogen) atoms. The van der Waals surface area contributed by atoms with Crippen molar-refractivity contribution in [2.75, 3.05) is 5.32 Å². The third-order valence-corrected chi connectivity index (χ3v) is 3.30. The number of carbonyl (C=O) groups excluding carboxylic acids is 2. The van der Waals surface area contributed by atoms with Crippen LogP contribution in [-0.2, 0) is 11.3 Å². The highest BCUT2D eigenvalue weighted by Gasteiger charge is 2.05. The average Bonchev–Trinajstić information content (AvgIpc) is 2.99. The van der Waals surface area contributed by atoms with E-state index in [1.807, 2.05) is 23.6 Å². The second-order valence-corrected chi connectivity index (χ2v) is 4.87. The van der Waals surface area contributed by atoms with E-state index in [1.165, 1.54) is 17.4 Å². The number of rotatable bonds is 5. The molecule has 0 atom stereocenters. The van der Waals surface area contributed by atoms with Crippen LogP contribution in [0.4, 0.5) is 5.69 Å². The topological polar surface area (TPSA) is 58.2 Å². The number of benzene rings is 1. The summed E-state index contributed by atoms with van der Waals surface area (Å²) in [6.07, 6.45) is 1.21. The standard InChI is InChI=1S/C15H14N2O2S/c1-2-14(18)17-13-5-3-4-11(8-13)9-16-15(19)12-6-7-20-10-12/h2-8,10H,1,9H2,(H,16,19)(H,17,18). The molecule has 1 aromatic carbocycles. The normalized spacial score (nSPS) is 9.80. The van der Waals surface area contributed by atoms with Crippen LogP contribution in [0.3, 0.4) is 0 Å². The van der Waals surface area contributed by atoms with E-state index in [0.29, 0.717) is 17.8 Å². The van der Waals surface area contributed by atoms with Gasteiger partial charge in [0.2, 0.25) is 5.91 Å².